The standard InChI is InChI=1S/C12H13BrN2O/c1-2-3-4-7-15-12(16)9-5-6-10(13)11(14)8-9/h1,5-6,8H,3-4,7,14H2,(H,15,16). The lowest BCUT2D eigenvalue weighted by atomic mass is 10.2. The number of halogens is 1. The molecule has 0 fully saturated rings. The molecule has 0 aromatic heterocycles. The lowest BCUT2D eigenvalue weighted by molar-refractivity contribution is 0.0953. The number of anilines is 1. The number of nitrogens with one attached hydrogen (secondary N) is 1. The zero-order valence-electron chi connectivity index (χ0n) is 8.79. The van der Waals surface area contributed by atoms with Gasteiger partial charge < -0.3 is 11.1 Å². The van der Waals surface area contributed by atoms with Crippen LogP contribution in [0.2, 0.25) is 0 Å². The van der Waals surface area contributed by atoms with Crippen LogP contribution in [-0.4, -0.2) is 12.5 Å². The molecule has 0 unspecified atom stereocenters. The van der Waals surface area contributed by atoms with E-state index in [9.17, 15) is 4.79 Å². The highest BCUT2D eigenvalue weighted by molar-refractivity contribution is 9.10. The summed E-state index contributed by atoms with van der Waals surface area (Å²) in [5, 5.41) is 2.78. The Morgan fingerprint density at radius 3 is 2.94 bits per heavy atom. The fourth-order valence-electron chi connectivity index (χ4n) is 1.18. The quantitative estimate of drug-likeness (QED) is 0.505. The van der Waals surface area contributed by atoms with Crippen molar-refractivity contribution in [2.45, 2.75) is 12.8 Å². The first-order valence-corrected chi connectivity index (χ1v) is 5.71. The second-order valence-corrected chi connectivity index (χ2v) is 4.15. The summed E-state index contributed by atoms with van der Waals surface area (Å²) in [5.41, 5.74) is 6.79. The van der Waals surface area contributed by atoms with Gasteiger partial charge in [0, 0.05) is 28.7 Å². The number of carbonyl (C=O) groups is 1. The van der Waals surface area contributed by atoms with Gasteiger partial charge in [0.25, 0.3) is 5.91 Å². The molecule has 4 heteroatoms. The summed E-state index contributed by atoms with van der Waals surface area (Å²) < 4.78 is 0.788. The summed E-state index contributed by atoms with van der Waals surface area (Å²) in [6, 6.07) is 5.11. The molecule has 0 atom stereocenters. The number of nitrogens with two attached hydrogens (primary N) is 1. The average molecular weight is 281 g/mol. The molecular formula is C12H13BrN2O. The zero-order valence-corrected chi connectivity index (χ0v) is 10.4. The monoisotopic (exact) mass is 280 g/mol. The summed E-state index contributed by atoms with van der Waals surface area (Å²) in [4.78, 5) is 11.6. The smallest absolute Gasteiger partial charge is 0.251 e. The zero-order chi connectivity index (χ0) is 12.0. The molecular weight excluding hydrogens is 268 g/mol. The van der Waals surface area contributed by atoms with Gasteiger partial charge in [0.15, 0.2) is 0 Å². The first-order valence-electron chi connectivity index (χ1n) is 4.92. The van der Waals surface area contributed by atoms with Crippen LogP contribution in [-0.2, 0) is 0 Å². The van der Waals surface area contributed by atoms with Gasteiger partial charge >= 0.3 is 0 Å². The molecule has 3 N–H and O–H groups in total. The van der Waals surface area contributed by atoms with Crippen molar-refractivity contribution in [3.63, 3.8) is 0 Å². The van der Waals surface area contributed by atoms with Crippen LogP contribution in [0.1, 0.15) is 23.2 Å². The van der Waals surface area contributed by atoms with E-state index < -0.39 is 0 Å². The van der Waals surface area contributed by atoms with Crippen molar-refractivity contribution in [2.24, 2.45) is 0 Å². The van der Waals surface area contributed by atoms with Gasteiger partial charge in [-0.25, -0.2) is 0 Å². The Hall–Kier alpha value is -1.47. The number of hydrogen-bond donors (Lipinski definition) is 2. The Morgan fingerprint density at radius 2 is 2.31 bits per heavy atom. The van der Waals surface area contributed by atoms with Gasteiger partial charge in [-0.15, -0.1) is 12.3 Å². The summed E-state index contributed by atoms with van der Waals surface area (Å²) in [5.74, 6) is 2.39. The molecule has 1 amide bonds. The van der Waals surface area contributed by atoms with Crippen molar-refractivity contribution in [2.75, 3.05) is 12.3 Å². The van der Waals surface area contributed by atoms with E-state index in [4.69, 9.17) is 12.2 Å². The number of benzene rings is 1. The van der Waals surface area contributed by atoms with Crippen LogP contribution in [0, 0.1) is 12.3 Å². The van der Waals surface area contributed by atoms with E-state index in [0.29, 0.717) is 24.2 Å². The predicted molar refractivity (Wildman–Crippen MR) is 69.0 cm³/mol. The van der Waals surface area contributed by atoms with Crippen molar-refractivity contribution in [3.05, 3.63) is 28.2 Å². The van der Waals surface area contributed by atoms with E-state index >= 15 is 0 Å². The molecule has 0 spiro atoms. The molecule has 16 heavy (non-hydrogen) atoms. The van der Waals surface area contributed by atoms with Gasteiger partial charge in [-0.05, 0) is 40.5 Å². The Balaban J connectivity index is 2.53. The molecule has 0 radical (unpaired) electrons. The average Bonchev–Trinajstić information content (AvgIpc) is 2.28. The molecule has 84 valence electrons. The first kappa shape index (κ1) is 12.6. The van der Waals surface area contributed by atoms with Gasteiger partial charge in [-0.2, -0.15) is 0 Å². The second-order valence-electron chi connectivity index (χ2n) is 3.30. The molecule has 3 nitrogen and oxygen atoms in total. The highest BCUT2D eigenvalue weighted by Gasteiger charge is 2.06. The number of unbranched alkanes of at least 4 members (excludes halogenated alkanes) is 1. The molecule has 0 aliphatic rings. The number of hydrogen-bond acceptors (Lipinski definition) is 2. The Bertz CT molecular complexity index is 424. The number of nitrogen functional groups attached to an aromatic ring is 1. The third kappa shape index (κ3) is 3.59. The molecule has 0 aliphatic heterocycles. The van der Waals surface area contributed by atoms with Crippen LogP contribution >= 0.6 is 15.9 Å². The van der Waals surface area contributed by atoms with E-state index in [2.05, 4.69) is 27.2 Å². The highest BCUT2D eigenvalue weighted by Crippen LogP contribution is 2.19. The lowest BCUT2D eigenvalue weighted by Gasteiger charge is -2.05. The molecule has 0 heterocycles. The van der Waals surface area contributed by atoms with Gasteiger partial charge in [-0.3, -0.25) is 4.79 Å². The maximum atomic E-state index is 11.6. The van der Waals surface area contributed by atoms with E-state index in [1.165, 1.54) is 0 Å². The van der Waals surface area contributed by atoms with Crippen LogP contribution in [0.5, 0.6) is 0 Å². The van der Waals surface area contributed by atoms with Crippen molar-refractivity contribution < 1.29 is 4.79 Å². The largest absolute Gasteiger partial charge is 0.398 e. The van der Waals surface area contributed by atoms with E-state index in [1.54, 1.807) is 18.2 Å². The lowest BCUT2D eigenvalue weighted by Crippen LogP contribution is -2.24. The fraction of sp³-hybridized carbons (Fsp3) is 0.250. The molecule has 1 aromatic carbocycles. The molecule has 0 saturated heterocycles. The van der Waals surface area contributed by atoms with E-state index in [0.717, 1.165) is 10.9 Å². The predicted octanol–water partition coefficient (Wildman–Crippen LogP) is 2.17. The molecule has 0 bridgehead atoms. The maximum Gasteiger partial charge on any atom is 0.251 e. The van der Waals surface area contributed by atoms with Crippen molar-refractivity contribution in [1.82, 2.24) is 5.32 Å². The molecule has 1 rings (SSSR count). The second kappa shape index (κ2) is 6.19. The van der Waals surface area contributed by atoms with Crippen LogP contribution in [0.15, 0.2) is 22.7 Å². The minimum Gasteiger partial charge on any atom is -0.398 e. The number of terminal acetylenes is 1. The van der Waals surface area contributed by atoms with Crippen molar-refractivity contribution >= 4 is 27.5 Å². The van der Waals surface area contributed by atoms with Gasteiger partial charge in [0.1, 0.15) is 0 Å². The SMILES string of the molecule is C#CCCCNC(=O)c1ccc(Br)c(N)c1. The Morgan fingerprint density at radius 1 is 1.56 bits per heavy atom. The van der Waals surface area contributed by atoms with Gasteiger partial charge in [-0.1, -0.05) is 0 Å². The topological polar surface area (TPSA) is 55.1 Å². The van der Waals surface area contributed by atoms with E-state index in [1.807, 2.05) is 0 Å². The van der Waals surface area contributed by atoms with Crippen LogP contribution in [0.3, 0.4) is 0 Å². The third-order valence-electron chi connectivity index (χ3n) is 2.04. The number of rotatable bonds is 4. The van der Waals surface area contributed by atoms with Crippen LogP contribution in [0.4, 0.5) is 5.69 Å². The minimum atomic E-state index is -0.128. The minimum absolute atomic E-state index is 0.128. The van der Waals surface area contributed by atoms with E-state index in [-0.39, 0.29) is 5.91 Å². The highest BCUT2D eigenvalue weighted by atomic mass is 79.9. The van der Waals surface area contributed by atoms with Crippen LogP contribution in [0.25, 0.3) is 0 Å². The van der Waals surface area contributed by atoms with Gasteiger partial charge in [0.2, 0.25) is 0 Å². The fourth-order valence-corrected chi connectivity index (χ4v) is 1.43. The van der Waals surface area contributed by atoms with Gasteiger partial charge in [0.05, 0.1) is 0 Å². The van der Waals surface area contributed by atoms with Crippen LogP contribution < -0.4 is 11.1 Å². The molecule has 0 saturated carbocycles. The maximum absolute atomic E-state index is 11.6. The third-order valence-corrected chi connectivity index (χ3v) is 2.76. The Kier molecular flexibility index (Phi) is 4.87. The van der Waals surface area contributed by atoms with Crippen molar-refractivity contribution in [1.29, 1.82) is 0 Å². The Labute approximate surface area is 104 Å². The summed E-state index contributed by atoms with van der Waals surface area (Å²) in [6.07, 6.45) is 6.56. The summed E-state index contributed by atoms with van der Waals surface area (Å²) >= 11 is 3.27. The number of carbonyl (C=O) groups excluding carboxylic acids is 1. The molecule has 0 aliphatic carbocycles. The van der Waals surface area contributed by atoms with Crippen molar-refractivity contribution in [3.8, 4) is 12.3 Å². The summed E-state index contributed by atoms with van der Waals surface area (Å²) in [7, 11) is 0. The molecule has 1 aromatic rings. The number of amides is 1. The first-order chi connectivity index (χ1) is 7.65. The normalized spacial score (nSPS) is 9.50. The summed E-state index contributed by atoms with van der Waals surface area (Å²) in [6.45, 7) is 0.582.